The highest BCUT2D eigenvalue weighted by atomic mass is 16.3. The summed E-state index contributed by atoms with van der Waals surface area (Å²) in [6.07, 6.45) is 3.45. The van der Waals surface area contributed by atoms with Crippen molar-refractivity contribution < 1.29 is 14.5 Å². The van der Waals surface area contributed by atoms with Gasteiger partial charge in [0.25, 0.3) is 12.2 Å². The molecule has 6 heteroatoms. The van der Waals surface area contributed by atoms with Crippen molar-refractivity contribution in [3.63, 3.8) is 0 Å². The fourth-order valence-electron chi connectivity index (χ4n) is 2.91. The largest absolute Gasteiger partial charge is 0.507 e. The fourth-order valence-corrected chi connectivity index (χ4v) is 2.91. The summed E-state index contributed by atoms with van der Waals surface area (Å²) in [5.41, 5.74) is 4.73. The minimum absolute atomic E-state index is 0.177. The molecule has 1 aliphatic heterocycles. The van der Waals surface area contributed by atoms with E-state index in [9.17, 15) is 9.90 Å². The van der Waals surface area contributed by atoms with E-state index in [1.54, 1.807) is 41.4 Å². The van der Waals surface area contributed by atoms with E-state index in [4.69, 9.17) is 5.84 Å². The molecule has 1 heterocycles. The minimum atomic E-state index is -0.373. The van der Waals surface area contributed by atoms with E-state index in [2.05, 4.69) is 10.4 Å². The summed E-state index contributed by atoms with van der Waals surface area (Å²) in [6.45, 7) is 0. The molecule has 0 aromatic heterocycles. The van der Waals surface area contributed by atoms with Crippen LogP contribution in [0.1, 0.15) is 15.9 Å². The maximum absolute atomic E-state index is 11.8. The van der Waals surface area contributed by atoms with Crippen LogP contribution in [0.4, 0.5) is 11.4 Å². The Labute approximate surface area is 143 Å². The number of nitrogens with one attached hydrogen (secondary N) is 1. The maximum atomic E-state index is 11.8. The zero-order valence-corrected chi connectivity index (χ0v) is 13.2. The number of hydrazine groups is 1. The molecule has 0 unspecified atom stereocenters. The lowest BCUT2D eigenvalue weighted by molar-refractivity contribution is -0.282. The van der Waals surface area contributed by atoms with Crippen LogP contribution in [0.25, 0.3) is 10.8 Å². The van der Waals surface area contributed by atoms with Crippen LogP contribution < -0.4 is 11.3 Å². The predicted octanol–water partition coefficient (Wildman–Crippen LogP) is 2.59. The number of hydrogen-bond donors (Lipinski definition) is 3. The Hall–Kier alpha value is -3.51. The van der Waals surface area contributed by atoms with Crippen molar-refractivity contribution in [3.8, 4) is 5.75 Å². The van der Waals surface area contributed by atoms with E-state index in [0.29, 0.717) is 11.1 Å². The molecule has 0 atom stereocenters. The molecule has 0 radical (unpaired) electrons. The number of benzene rings is 3. The molecule has 0 saturated heterocycles. The van der Waals surface area contributed by atoms with E-state index in [1.165, 1.54) is 0 Å². The zero-order valence-electron chi connectivity index (χ0n) is 13.2. The highest BCUT2D eigenvalue weighted by molar-refractivity contribution is 6.02. The van der Waals surface area contributed by atoms with Crippen molar-refractivity contribution in [2.45, 2.75) is 0 Å². The van der Waals surface area contributed by atoms with Crippen molar-refractivity contribution in [2.75, 3.05) is 0 Å². The SMILES string of the molecule is NNC(=O)c1ccc2c(c1)[N+](=Cc1c(O)ccc3ccccc13)C=N2. The summed E-state index contributed by atoms with van der Waals surface area (Å²) in [6, 6.07) is 16.5. The van der Waals surface area contributed by atoms with Gasteiger partial charge in [0.2, 0.25) is 5.69 Å². The van der Waals surface area contributed by atoms with Crippen LogP contribution >= 0.6 is 0 Å². The smallest absolute Gasteiger partial charge is 0.292 e. The van der Waals surface area contributed by atoms with Gasteiger partial charge in [-0.3, -0.25) is 10.2 Å². The van der Waals surface area contributed by atoms with E-state index in [-0.39, 0.29) is 11.7 Å². The predicted molar refractivity (Wildman–Crippen MR) is 96.9 cm³/mol. The normalized spacial score (nSPS) is 14.0. The second-order valence-electron chi connectivity index (χ2n) is 5.68. The third-order valence-corrected chi connectivity index (χ3v) is 4.18. The summed E-state index contributed by atoms with van der Waals surface area (Å²) < 4.78 is 1.78. The molecule has 3 aromatic carbocycles. The Morgan fingerprint density at radius 1 is 1.16 bits per heavy atom. The molecule has 0 aliphatic carbocycles. The van der Waals surface area contributed by atoms with Crippen molar-refractivity contribution in [1.82, 2.24) is 5.43 Å². The van der Waals surface area contributed by atoms with Gasteiger partial charge in [-0.1, -0.05) is 30.3 Å². The number of hydrogen-bond acceptors (Lipinski definition) is 4. The van der Waals surface area contributed by atoms with Crippen molar-refractivity contribution in [1.29, 1.82) is 0 Å². The van der Waals surface area contributed by atoms with Crippen molar-refractivity contribution >= 4 is 40.6 Å². The quantitative estimate of drug-likeness (QED) is 0.292. The lowest BCUT2D eigenvalue weighted by Gasteiger charge is -2.05. The monoisotopic (exact) mass is 331 g/mol. The first-order valence-corrected chi connectivity index (χ1v) is 7.70. The Bertz CT molecular complexity index is 1070. The first-order valence-electron chi connectivity index (χ1n) is 7.70. The summed E-state index contributed by atoms with van der Waals surface area (Å²) in [4.78, 5) is 16.1. The number of amides is 1. The van der Waals surface area contributed by atoms with E-state index >= 15 is 0 Å². The molecule has 0 bridgehead atoms. The lowest BCUT2D eigenvalue weighted by atomic mass is 10.0. The Morgan fingerprint density at radius 3 is 2.84 bits per heavy atom. The van der Waals surface area contributed by atoms with Crippen LogP contribution in [-0.4, -0.2) is 28.1 Å². The molecule has 6 nitrogen and oxygen atoms in total. The van der Waals surface area contributed by atoms with Crippen LogP contribution in [0.15, 0.2) is 59.6 Å². The third kappa shape index (κ3) is 2.54. The minimum Gasteiger partial charge on any atom is -0.507 e. The van der Waals surface area contributed by atoms with Crippen molar-refractivity contribution in [2.24, 2.45) is 10.8 Å². The molecule has 0 saturated carbocycles. The molecule has 122 valence electrons. The number of rotatable bonds is 2. The molecule has 3 aromatic rings. The molecular weight excluding hydrogens is 316 g/mol. The average molecular weight is 331 g/mol. The summed E-state index contributed by atoms with van der Waals surface area (Å²) >= 11 is 0. The number of phenolic OH excluding ortho intramolecular Hbond substituents is 1. The number of phenols is 1. The molecule has 25 heavy (non-hydrogen) atoms. The second-order valence-corrected chi connectivity index (χ2v) is 5.68. The van der Waals surface area contributed by atoms with Gasteiger partial charge < -0.3 is 5.11 Å². The number of nitrogen functional groups attached to an aromatic ring is 1. The number of carbonyl (C=O) groups is 1. The highest BCUT2D eigenvalue weighted by Gasteiger charge is 2.23. The summed E-state index contributed by atoms with van der Waals surface area (Å²) in [5, 5.41) is 12.3. The van der Waals surface area contributed by atoms with Gasteiger partial charge in [0.15, 0.2) is 5.69 Å². The standard InChI is InChI=1S/C19H14N4O2/c20-22-19(25)13-5-7-16-17(9-13)23(11-21-16)10-15-14-4-2-1-3-12(14)6-8-18(15)24/h1-11H,20H2,(H,22,25)/p+1. The average Bonchev–Trinajstić information content (AvgIpc) is 3.05. The number of nitrogens with zero attached hydrogens (tertiary/aromatic N) is 2. The Morgan fingerprint density at radius 2 is 2.00 bits per heavy atom. The third-order valence-electron chi connectivity index (χ3n) is 4.18. The van der Waals surface area contributed by atoms with Gasteiger partial charge in [-0.2, -0.15) is 4.58 Å². The van der Waals surface area contributed by atoms with Crippen molar-refractivity contribution in [3.05, 3.63) is 65.7 Å². The van der Waals surface area contributed by atoms with E-state index < -0.39 is 0 Å². The summed E-state index contributed by atoms with van der Waals surface area (Å²) in [5.74, 6) is 5.01. The molecule has 0 spiro atoms. The topological polar surface area (TPSA) is 90.7 Å². The molecule has 4 rings (SSSR count). The van der Waals surface area contributed by atoms with Gasteiger partial charge in [-0.15, -0.1) is 0 Å². The van der Waals surface area contributed by atoms with Crippen LogP contribution in [0.3, 0.4) is 0 Å². The number of aliphatic imine (C=N–C) groups is 1. The number of fused-ring (bicyclic) bond motifs is 2. The lowest BCUT2D eigenvalue weighted by Crippen LogP contribution is -2.29. The zero-order chi connectivity index (χ0) is 17.4. The number of nitrogens with two attached hydrogens (primary N) is 1. The van der Waals surface area contributed by atoms with Gasteiger partial charge in [0.1, 0.15) is 12.0 Å². The second kappa shape index (κ2) is 5.85. The summed E-state index contributed by atoms with van der Waals surface area (Å²) in [7, 11) is 0. The maximum Gasteiger partial charge on any atom is 0.292 e. The van der Waals surface area contributed by atoms with Gasteiger partial charge in [-0.05, 0) is 34.0 Å². The molecule has 4 N–H and O–H groups in total. The molecule has 1 aliphatic rings. The van der Waals surface area contributed by atoms with Crippen LogP contribution in [0, 0.1) is 0 Å². The van der Waals surface area contributed by atoms with Gasteiger partial charge in [-0.25, -0.2) is 5.84 Å². The van der Waals surface area contributed by atoms with E-state index in [1.807, 2.05) is 30.3 Å². The number of carbonyl (C=O) groups excluding carboxylic acids is 1. The fraction of sp³-hybridized carbons (Fsp3) is 0. The first-order chi connectivity index (χ1) is 12.2. The van der Waals surface area contributed by atoms with Gasteiger partial charge in [0, 0.05) is 11.6 Å². The number of aromatic hydroxyl groups is 1. The van der Waals surface area contributed by atoms with Crippen LogP contribution in [-0.2, 0) is 0 Å². The van der Waals surface area contributed by atoms with Crippen LogP contribution in [0.5, 0.6) is 5.75 Å². The highest BCUT2D eigenvalue weighted by Crippen LogP contribution is 2.33. The van der Waals surface area contributed by atoms with Crippen LogP contribution in [0.2, 0.25) is 0 Å². The molecular formula is C19H15N4O2+. The Kier molecular flexibility index (Phi) is 3.52. The molecule has 1 amide bonds. The van der Waals surface area contributed by atoms with Gasteiger partial charge in [0.05, 0.1) is 5.56 Å². The molecule has 0 fully saturated rings. The first kappa shape index (κ1) is 15.0. The van der Waals surface area contributed by atoms with Gasteiger partial charge >= 0.3 is 0 Å². The Balaban J connectivity index is 1.88. The van der Waals surface area contributed by atoms with E-state index in [0.717, 1.165) is 22.1 Å².